The molecule has 1 aliphatic heterocycles. The first-order valence-corrected chi connectivity index (χ1v) is 14.3. The highest BCUT2D eigenvalue weighted by molar-refractivity contribution is 6.33. The van der Waals surface area contributed by atoms with E-state index >= 15 is 0 Å². The van der Waals surface area contributed by atoms with Crippen molar-refractivity contribution in [2.45, 2.75) is 59.5 Å². The molecule has 1 aliphatic rings. The van der Waals surface area contributed by atoms with E-state index in [2.05, 4.69) is 0 Å². The van der Waals surface area contributed by atoms with Gasteiger partial charge in [-0.3, -0.25) is 9.69 Å². The predicted molar refractivity (Wildman–Crippen MR) is 162 cm³/mol. The number of hydrogen-bond acceptors (Lipinski definition) is 3. The second-order valence-corrected chi connectivity index (χ2v) is 11.7. The van der Waals surface area contributed by atoms with Gasteiger partial charge in [0.1, 0.15) is 6.10 Å². The molecule has 0 unspecified atom stereocenters. The van der Waals surface area contributed by atoms with Crippen LogP contribution in [0.4, 0.5) is 18.0 Å². The number of aryl methyl sites for hydroxylation is 3. The lowest BCUT2D eigenvalue weighted by atomic mass is 9.92. The summed E-state index contributed by atoms with van der Waals surface area (Å²) in [4.78, 5) is 26.5. The smallest absolute Gasteiger partial charge is 0.416 e. The summed E-state index contributed by atoms with van der Waals surface area (Å²) in [5.74, 6) is -0.00385. The molecular formula is C35H31ClF3NO3. The van der Waals surface area contributed by atoms with Crippen LogP contribution in [0, 0.1) is 20.8 Å². The van der Waals surface area contributed by atoms with E-state index in [-0.39, 0.29) is 12.3 Å². The van der Waals surface area contributed by atoms with Gasteiger partial charge in [0.15, 0.2) is 5.78 Å². The lowest BCUT2D eigenvalue weighted by molar-refractivity contribution is -0.137. The standard InChI is InChI=1S/C35H31ClF3NO3/c1-19-6-9-30(31-17-25(8-11-32(31)36)29-10-7-24(23(5)41)15-21(29)3)27(12-19)18-40-22(4)33(43-34(40)42)26-13-20(2)14-28(16-26)35(37,38)39/h6-17,22,33H,18H2,1-5H3/t22-,33-/m0/s1. The average Bonchev–Trinajstić information content (AvgIpc) is 3.21. The van der Waals surface area contributed by atoms with Gasteiger partial charge in [-0.05, 0) is 98.3 Å². The molecule has 0 spiro atoms. The maximum atomic E-state index is 13.5. The topological polar surface area (TPSA) is 46.6 Å². The largest absolute Gasteiger partial charge is 0.439 e. The molecule has 0 aliphatic carbocycles. The van der Waals surface area contributed by atoms with Gasteiger partial charge in [0, 0.05) is 16.1 Å². The zero-order valence-electron chi connectivity index (χ0n) is 24.5. The first kappa shape index (κ1) is 30.4. The van der Waals surface area contributed by atoms with Crippen LogP contribution in [0.2, 0.25) is 5.02 Å². The lowest BCUT2D eigenvalue weighted by Gasteiger charge is -2.23. The fourth-order valence-electron chi connectivity index (χ4n) is 5.71. The van der Waals surface area contributed by atoms with E-state index in [1.807, 2.05) is 62.4 Å². The SMILES string of the molecule is CC(=O)c1ccc(-c2ccc(Cl)c(-c3ccc(C)cc3CN3C(=O)O[C@H](c4cc(C)cc(C(F)(F)F)c4)[C@@H]3C)c2)c(C)c1. The van der Waals surface area contributed by atoms with Gasteiger partial charge < -0.3 is 4.74 Å². The monoisotopic (exact) mass is 605 g/mol. The second kappa shape index (κ2) is 11.5. The van der Waals surface area contributed by atoms with Gasteiger partial charge in [0.25, 0.3) is 0 Å². The van der Waals surface area contributed by atoms with Gasteiger partial charge in [0.05, 0.1) is 18.2 Å². The number of nitrogens with zero attached hydrogens (tertiary/aromatic N) is 1. The summed E-state index contributed by atoms with van der Waals surface area (Å²) in [6.07, 6.45) is -5.96. The molecule has 1 fully saturated rings. The highest BCUT2D eigenvalue weighted by Crippen LogP contribution is 2.40. The molecule has 2 atom stereocenters. The van der Waals surface area contributed by atoms with Gasteiger partial charge in [-0.2, -0.15) is 13.2 Å². The molecule has 1 amide bonds. The summed E-state index contributed by atoms with van der Waals surface area (Å²) in [6.45, 7) is 8.99. The van der Waals surface area contributed by atoms with Crippen LogP contribution in [0.1, 0.15) is 63.7 Å². The highest BCUT2D eigenvalue weighted by atomic mass is 35.5. The number of hydrogen-bond donors (Lipinski definition) is 0. The van der Waals surface area contributed by atoms with Crippen molar-refractivity contribution in [3.63, 3.8) is 0 Å². The molecule has 0 radical (unpaired) electrons. The molecule has 1 heterocycles. The van der Waals surface area contributed by atoms with Gasteiger partial charge in [-0.1, -0.05) is 65.2 Å². The van der Waals surface area contributed by atoms with Crippen LogP contribution in [0.3, 0.4) is 0 Å². The molecule has 4 aromatic rings. The van der Waals surface area contributed by atoms with E-state index in [4.69, 9.17) is 16.3 Å². The number of rotatable bonds is 6. The van der Waals surface area contributed by atoms with Crippen molar-refractivity contribution in [2.75, 3.05) is 0 Å². The summed E-state index contributed by atoms with van der Waals surface area (Å²) in [5.41, 5.74) is 6.86. The summed E-state index contributed by atoms with van der Waals surface area (Å²) < 4.78 is 46.2. The zero-order valence-corrected chi connectivity index (χ0v) is 25.2. The molecule has 222 valence electrons. The van der Waals surface area contributed by atoms with Crippen molar-refractivity contribution in [1.29, 1.82) is 0 Å². The van der Waals surface area contributed by atoms with Crippen molar-refractivity contribution < 1.29 is 27.5 Å². The number of amides is 1. The Morgan fingerprint density at radius 2 is 1.60 bits per heavy atom. The molecule has 0 saturated carbocycles. The Balaban J connectivity index is 1.50. The number of carbonyl (C=O) groups is 2. The number of ketones is 1. The number of cyclic esters (lactones) is 1. The molecule has 0 bridgehead atoms. The van der Waals surface area contributed by atoms with Crippen molar-refractivity contribution in [1.82, 2.24) is 4.90 Å². The summed E-state index contributed by atoms with van der Waals surface area (Å²) >= 11 is 6.74. The quantitative estimate of drug-likeness (QED) is 0.205. The third kappa shape index (κ3) is 6.18. The molecule has 4 nitrogen and oxygen atoms in total. The van der Waals surface area contributed by atoms with Crippen LogP contribution in [-0.4, -0.2) is 22.8 Å². The Bertz CT molecular complexity index is 1750. The Morgan fingerprint density at radius 1 is 0.884 bits per heavy atom. The van der Waals surface area contributed by atoms with E-state index in [0.29, 0.717) is 21.7 Å². The molecule has 5 rings (SSSR count). The first-order valence-electron chi connectivity index (χ1n) is 13.9. The minimum Gasteiger partial charge on any atom is -0.439 e. The van der Waals surface area contributed by atoms with E-state index < -0.39 is 30.0 Å². The van der Waals surface area contributed by atoms with E-state index in [9.17, 15) is 22.8 Å². The maximum absolute atomic E-state index is 13.5. The third-order valence-corrected chi connectivity index (χ3v) is 8.28. The van der Waals surface area contributed by atoms with Crippen molar-refractivity contribution >= 4 is 23.5 Å². The van der Waals surface area contributed by atoms with E-state index in [1.54, 1.807) is 30.9 Å². The second-order valence-electron chi connectivity index (χ2n) is 11.2. The van der Waals surface area contributed by atoms with Crippen molar-refractivity contribution in [2.24, 2.45) is 0 Å². The number of halogens is 4. The fraction of sp³-hybridized carbons (Fsp3) is 0.257. The normalized spacial score (nSPS) is 16.9. The molecule has 4 aromatic carbocycles. The van der Waals surface area contributed by atoms with Crippen LogP contribution >= 0.6 is 11.6 Å². The molecule has 0 aromatic heterocycles. The minimum absolute atomic E-state index is 0.00385. The van der Waals surface area contributed by atoms with Crippen LogP contribution in [-0.2, 0) is 17.5 Å². The van der Waals surface area contributed by atoms with Gasteiger partial charge in [-0.25, -0.2) is 4.79 Å². The summed E-state index contributed by atoms with van der Waals surface area (Å²) in [6, 6.07) is 20.5. The van der Waals surface area contributed by atoms with Crippen LogP contribution in [0.15, 0.2) is 72.8 Å². The average molecular weight is 606 g/mol. The summed E-state index contributed by atoms with van der Waals surface area (Å²) in [5, 5.41) is 0.529. The molecular weight excluding hydrogens is 575 g/mol. The highest BCUT2D eigenvalue weighted by Gasteiger charge is 2.41. The van der Waals surface area contributed by atoms with Crippen LogP contribution in [0.5, 0.6) is 0 Å². The number of benzene rings is 4. The first-order chi connectivity index (χ1) is 20.2. The van der Waals surface area contributed by atoms with Crippen LogP contribution in [0.25, 0.3) is 22.3 Å². The fourth-order valence-corrected chi connectivity index (χ4v) is 5.92. The maximum Gasteiger partial charge on any atom is 0.416 e. The molecule has 8 heteroatoms. The Morgan fingerprint density at radius 3 is 2.28 bits per heavy atom. The number of carbonyl (C=O) groups excluding carboxylic acids is 2. The molecule has 0 N–H and O–H groups in total. The number of ether oxygens (including phenoxy) is 1. The minimum atomic E-state index is -4.51. The Labute approximate surface area is 254 Å². The zero-order chi connectivity index (χ0) is 31.2. The molecule has 43 heavy (non-hydrogen) atoms. The Kier molecular flexibility index (Phi) is 8.14. The van der Waals surface area contributed by atoms with Gasteiger partial charge >= 0.3 is 12.3 Å². The van der Waals surface area contributed by atoms with Crippen molar-refractivity contribution in [3.8, 4) is 22.3 Å². The summed E-state index contributed by atoms with van der Waals surface area (Å²) in [7, 11) is 0. The molecule has 1 saturated heterocycles. The number of Topliss-reactive ketones (excluding diaryl/α,β-unsaturated/α-hetero) is 1. The van der Waals surface area contributed by atoms with Gasteiger partial charge in [0.2, 0.25) is 0 Å². The van der Waals surface area contributed by atoms with Gasteiger partial charge in [-0.15, -0.1) is 0 Å². The van der Waals surface area contributed by atoms with Crippen LogP contribution < -0.4 is 0 Å². The predicted octanol–water partition coefficient (Wildman–Crippen LogP) is 9.90. The van der Waals surface area contributed by atoms with E-state index in [0.717, 1.165) is 51.1 Å². The van der Waals surface area contributed by atoms with E-state index in [1.165, 1.54) is 6.92 Å². The van der Waals surface area contributed by atoms with Crippen molar-refractivity contribution in [3.05, 3.63) is 117 Å². The lowest BCUT2D eigenvalue weighted by Crippen LogP contribution is -2.31. The Hall–Kier alpha value is -4.10. The third-order valence-electron chi connectivity index (χ3n) is 7.95. The number of alkyl halides is 3.